The molecule has 10 nitrogen and oxygen atoms in total. The molecule has 1 N–H and O–H groups in total. The Morgan fingerprint density at radius 1 is 1.14 bits per heavy atom. The van der Waals surface area contributed by atoms with Crippen LogP contribution >= 0.6 is 0 Å². The first-order valence-corrected chi connectivity index (χ1v) is 11.1. The van der Waals surface area contributed by atoms with Crippen molar-refractivity contribution in [3.8, 4) is 11.3 Å². The van der Waals surface area contributed by atoms with E-state index in [9.17, 15) is 18.0 Å². The summed E-state index contributed by atoms with van der Waals surface area (Å²) in [7, 11) is 0. The summed E-state index contributed by atoms with van der Waals surface area (Å²) in [5.74, 6) is 0.563. The van der Waals surface area contributed by atoms with Crippen molar-refractivity contribution in [3.63, 3.8) is 0 Å². The van der Waals surface area contributed by atoms with Gasteiger partial charge in [-0.3, -0.25) is 14.4 Å². The van der Waals surface area contributed by atoms with Gasteiger partial charge in [0.25, 0.3) is 5.91 Å². The van der Waals surface area contributed by atoms with Gasteiger partial charge in [0.1, 0.15) is 30.2 Å². The van der Waals surface area contributed by atoms with E-state index in [1.54, 1.807) is 18.2 Å². The zero-order valence-electron chi connectivity index (χ0n) is 18.6. The lowest BCUT2D eigenvalue weighted by atomic mass is 10.2. The molecule has 2 fully saturated rings. The van der Waals surface area contributed by atoms with Gasteiger partial charge in [-0.15, -0.1) is 0 Å². The molecule has 2 aliphatic rings. The first kappa shape index (κ1) is 23.2. The number of nitrogens with one attached hydrogen (secondary N) is 1. The van der Waals surface area contributed by atoms with Crippen molar-refractivity contribution < 1.29 is 22.7 Å². The number of hydrogen-bond donors (Lipinski definition) is 1. The highest BCUT2D eigenvalue weighted by atomic mass is 19.4. The Morgan fingerprint density at radius 2 is 1.94 bits per heavy atom. The third-order valence-electron chi connectivity index (χ3n) is 5.92. The number of piperazine rings is 1. The summed E-state index contributed by atoms with van der Waals surface area (Å²) in [5, 5.41) is 6.44. The second-order valence-electron chi connectivity index (χ2n) is 8.38. The average molecular weight is 488 g/mol. The highest BCUT2D eigenvalue weighted by Gasteiger charge is 2.30. The molecule has 5 heterocycles. The molecule has 0 bridgehead atoms. The van der Waals surface area contributed by atoms with Crippen molar-refractivity contribution >= 4 is 17.5 Å². The second-order valence-corrected chi connectivity index (χ2v) is 8.38. The first-order chi connectivity index (χ1) is 16.8. The molecule has 0 aromatic carbocycles. The number of pyridine rings is 1. The molecule has 0 saturated carbocycles. The highest BCUT2D eigenvalue weighted by molar-refractivity contribution is 6.02. The quantitative estimate of drug-likeness (QED) is 0.563. The van der Waals surface area contributed by atoms with Crippen molar-refractivity contribution in [2.24, 2.45) is 0 Å². The van der Waals surface area contributed by atoms with Crippen LogP contribution in [0, 0.1) is 0 Å². The zero-order valence-corrected chi connectivity index (χ0v) is 18.6. The van der Waals surface area contributed by atoms with Gasteiger partial charge in [0, 0.05) is 44.0 Å². The van der Waals surface area contributed by atoms with Gasteiger partial charge in [-0.2, -0.15) is 18.3 Å². The molecule has 0 aliphatic carbocycles. The van der Waals surface area contributed by atoms with E-state index >= 15 is 0 Å². The second kappa shape index (κ2) is 9.58. The summed E-state index contributed by atoms with van der Waals surface area (Å²) in [6, 6.07) is 6.94. The number of halogens is 3. The minimum atomic E-state index is -4.38. The summed E-state index contributed by atoms with van der Waals surface area (Å²) in [5.41, 5.74) is 0.813. The fourth-order valence-corrected chi connectivity index (χ4v) is 4.01. The number of hydrogen-bond acceptors (Lipinski definition) is 8. The van der Waals surface area contributed by atoms with Crippen LogP contribution in [0.3, 0.4) is 0 Å². The molecule has 0 atom stereocenters. The molecule has 2 saturated heterocycles. The number of nitrogens with zero attached hydrogens (tertiary/aromatic N) is 7. The predicted molar refractivity (Wildman–Crippen MR) is 120 cm³/mol. The lowest BCUT2D eigenvalue weighted by Crippen LogP contribution is -2.56. The van der Waals surface area contributed by atoms with Crippen molar-refractivity contribution in [2.45, 2.75) is 18.8 Å². The zero-order chi connectivity index (χ0) is 24.4. The standard InChI is InChI=1S/C22H23F3N8O2/c23-22(24,25)13-33-10-15(9-28-33)17-2-1-3-18(29-17)21(34)30-19-8-20(27-14-26-19)32-6-4-31(5-7-32)16-11-35-12-16/h1-3,8-10,14,16H,4-7,11-13H2,(H,26,27,30,34). The number of anilines is 2. The maximum atomic E-state index is 12.8. The van der Waals surface area contributed by atoms with E-state index in [0.717, 1.165) is 49.9 Å². The van der Waals surface area contributed by atoms with Crippen molar-refractivity contribution in [1.29, 1.82) is 0 Å². The molecule has 3 aromatic heterocycles. The number of rotatable bonds is 6. The fourth-order valence-electron chi connectivity index (χ4n) is 4.01. The van der Waals surface area contributed by atoms with Gasteiger partial charge in [-0.1, -0.05) is 6.07 Å². The Morgan fingerprint density at radius 3 is 2.66 bits per heavy atom. The molecular weight excluding hydrogens is 465 g/mol. The molecular formula is C22H23F3N8O2. The largest absolute Gasteiger partial charge is 0.408 e. The minimum absolute atomic E-state index is 0.0996. The molecule has 0 spiro atoms. The summed E-state index contributed by atoms with van der Waals surface area (Å²) >= 11 is 0. The Balaban J connectivity index is 1.23. The van der Waals surface area contributed by atoms with Crippen molar-refractivity contribution in [1.82, 2.24) is 29.6 Å². The van der Waals surface area contributed by atoms with Crippen LogP contribution in [0.2, 0.25) is 0 Å². The number of carbonyl (C=O) groups excluding carboxylic acids is 1. The molecule has 3 aromatic rings. The van der Waals surface area contributed by atoms with Crippen molar-refractivity contribution in [3.05, 3.63) is 48.7 Å². The topological polar surface area (TPSA) is 101 Å². The van der Waals surface area contributed by atoms with Gasteiger partial charge in [0.2, 0.25) is 0 Å². The van der Waals surface area contributed by atoms with Crippen LogP contribution in [0.1, 0.15) is 10.5 Å². The van der Waals surface area contributed by atoms with Crippen LogP contribution in [-0.4, -0.2) is 87.2 Å². The van der Waals surface area contributed by atoms with E-state index in [0.29, 0.717) is 23.1 Å². The summed E-state index contributed by atoms with van der Waals surface area (Å²) in [4.78, 5) is 30.1. The third kappa shape index (κ3) is 5.57. The van der Waals surface area contributed by atoms with Gasteiger partial charge in [-0.05, 0) is 12.1 Å². The fraction of sp³-hybridized carbons (Fsp3) is 0.409. The van der Waals surface area contributed by atoms with E-state index in [1.165, 1.54) is 24.8 Å². The van der Waals surface area contributed by atoms with Crippen LogP contribution < -0.4 is 10.2 Å². The minimum Gasteiger partial charge on any atom is -0.378 e. The van der Waals surface area contributed by atoms with Crippen molar-refractivity contribution in [2.75, 3.05) is 49.6 Å². The van der Waals surface area contributed by atoms with E-state index < -0.39 is 18.6 Å². The number of alkyl halides is 3. The van der Waals surface area contributed by atoms with E-state index in [4.69, 9.17) is 4.74 Å². The molecule has 5 rings (SSSR count). The Bertz CT molecular complexity index is 1190. The van der Waals surface area contributed by atoms with Crippen LogP contribution in [0.15, 0.2) is 43.0 Å². The average Bonchev–Trinajstić information content (AvgIpc) is 3.25. The molecule has 13 heteroatoms. The van der Waals surface area contributed by atoms with Crippen LogP contribution in [0.4, 0.5) is 24.8 Å². The maximum absolute atomic E-state index is 12.8. The number of carbonyl (C=O) groups is 1. The molecule has 0 radical (unpaired) electrons. The normalized spacial score (nSPS) is 17.3. The van der Waals surface area contributed by atoms with Crippen LogP contribution in [-0.2, 0) is 11.3 Å². The monoisotopic (exact) mass is 488 g/mol. The summed E-state index contributed by atoms with van der Waals surface area (Å²) in [6.07, 6.45) is -0.458. The van der Waals surface area contributed by atoms with Gasteiger partial charge in [-0.25, -0.2) is 15.0 Å². The molecule has 0 unspecified atom stereocenters. The molecule has 184 valence electrons. The first-order valence-electron chi connectivity index (χ1n) is 11.1. The Labute approximate surface area is 198 Å². The lowest BCUT2D eigenvalue weighted by molar-refractivity contribution is -0.142. The SMILES string of the molecule is O=C(Nc1cc(N2CCN(C3COC3)CC2)ncn1)c1cccc(-c2cnn(CC(F)(F)F)c2)n1. The van der Waals surface area contributed by atoms with Gasteiger partial charge in [0.05, 0.1) is 31.1 Å². The van der Waals surface area contributed by atoms with E-state index in [2.05, 4.69) is 35.2 Å². The Kier molecular flexibility index (Phi) is 6.34. The number of aromatic nitrogens is 5. The van der Waals surface area contributed by atoms with Crippen LogP contribution in [0.25, 0.3) is 11.3 Å². The molecule has 35 heavy (non-hydrogen) atoms. The smallest absolute Gasteiger partial charge is 0.378 e. The maximum Gasteiger partial charge on any atom is 0.408 e. The predicted octanol–water partition coefficient (Wildman–Crippen LogP) is 2.07. The number of ether oxygens (including phenoxy) is 1. The Hall–Kier alpha value is -3.58. The summed E-state index contributed by atoms with van der Waals surface area (Å²) in [6.45, 7) is 3.82. The summed E-state index contributed by atoms with van der Waals surface area (Å²) < 4.78 is 43.8. The van der Waals surface area contributed by atoms with E-state index in [-0.39, 0.29) is 5.69 Å². The van der Waals surface area contributed by atoms with E-state index in [1.807, 2.05) is 0 Å². The van der Waals surface area contributed by atoms with Gasteiger partial charge in [0.15, 0.2) is 0 Å². The third-order valence-corrected chi connectivity index (χ3v) is 5.92. The molecule has 1 amide bonds. The van der Waals surface area contributed by atoms with Crippen LogP contribution in [0.5, 0.6) is 0 Å². The van der Waals surface area contributed by atoms with Gasteiger partial charge >= 0.3 is 6.18 Å². The number of amides is 1. The molecule has 2 aliphatic heterocycles. The van der Waals surface area contributed by atoms with Gasteiger partial charge < -0.3 is 15.0 Å². The highest BCUT2D eigenvalue weighted by Crippen LogP contribution is 2.22. The lowest BCUT2D eigenvalue weighted by Gasteiger charge is -2.42.